The molecule has 0 N–H and O–H groups in total. The van der Waals surface area contributed by atoms with Gasteiger partial charge in [-0.3, -0.25) is 9.69 Å². The summed E-state index contributed by atoms with van der Waals surface area (Å²) >= 11 is 0. The Hall–Kier alpha value is -2.07. The van der Waals surface area contributed by atoms with E-state index in [1.54, 1.807) is 12.2 Å². The maximum atomic E-state index is 12.0. The summed E-state index contributed by atoms with van der Waals surface area (Å²) in [6.07, 6.45) is 4.09. The molecule has 22 heavy (non-hydrogen) atoms. The Morgan fingerprint density at radius 2 is 1.95 bits per heavy atom. The molecule has 1 amide bonds. The van der Waals surface area contributed by atoms with E-state index in [0.717, 1.165) is 37.5 Å². The van der Waals surface area contributed by atoms with Gasteiger partial charge in [0.2, 0.25) is 5.91 Å². The third kappa shape index (κ3) is 4.46. The lowest BCUT2D eigenvalue weighted by atomic mass is 10.2. The van der Waals surface area contributed by atoms with Crippen LogP contribution in [0.1, 0.15) is 12.0 Å². The minimum atomic E-state index is 0.207. The van der Waals surface area contributed by atoms with E-state index in [9.17, 15) is 4.79 Å². The van der Waals surface area contributed by atoms with Crippen molar-refractivity contribution in [2.24, 2.45) is 0 Å². The van der Waals surface area contributed by atoms with E-state index in [4.69, 9.17) is 4.74 Å². The van der Waals surface area contributed by atoms with Gasteiger partial charge in [0.25, 0.3) is 0 Å². The number of carbonyl (C=O) groups is 1. The van der Waals surface area contributed by atoms with Crippen LogP contribution in [0.25, 0.3) is 0 Å². The second kappa shape index (κ2) is 8.39. The molecule has 0 aromatic heterocycles. The van der Waals surface area contributed by atoms with Gasteiger partial charge in [0.15, 0.2) is 0 Å². The molecule has 1 aromatic carbocycles. The standard InChI is InChI=1S/C18H24N2O2/c1-3-10-20-13-12-19(11-9-18(20)21)15-16-7-5-6-8-17(16)22-14-4-2/h3-8H,1-2,9-15H2. The van der Waals surface area contributed by atoms with Gasteiger partial charge in [-0.15, -0.1) is 6.58 Å². The number of hydrogen-bond acceptors (Lipinski definition) is 3. The largest absolute Gasteiger partial charge is 0.489 e. The fraction of sp³-hybridized carbons (Fsp3) is 0.389. The maximum absolute atomic E-state index is 12.0. The minimum absolute atomic E-state index is 0.207. The van der Waals surface area contributed by atoms with Gasteiger partial charge < -0.3 is 9.64 Å². The highest BCUT2D eigenvalue weighted by molar-refractivity contribution is 5.76. The van der Waals surface area contributed by atoms with E-state index in [-0.39, 0.29) is 5.91 Å². The van der Waals surface area contributed by atoms with Crippen LogP contribution in [-0.4, -0.2) is 48.5 Å². The van der Waals surface area contributed by atoms with Crippen LogP contribution in [0.5, 0.6) is 5.75 Å². The number of hydrogen-bond donors (Lipinski definition) is 0. The first-order valence-corrected chi connectivity index (χ1v) is 7.67. The van der Waals surface area contributed by atoms with Crippen LogP contribution in [0.15, 0.2) is 49.6 Å². The third-order valence-corrected chi connectivity index (χ3v) is 3.75. The second-order valence-corrected chi connectivity index (χ2v) is 5.36. The van der Waals surface area contributed by atoms with Gasteiger partial charge in [-0.1, -0.05) is 36.9 Å². The van der Waals surface area contributed by atoms with Crippen molar-refractivity contribution in [3.63, 3.8) is 0 Å². The molecule has 0 aliphatic carbocycles. The van der Waals surface area contributed by atoms with Crippen molar-refractivity contribution < 1.29 is 9.53 Å². The predicted molar refractivity (Wildman–Crippen MR) is 88.8 cm³/mol. The Kier molecular flexibility index (Phi) is 6.22. The molecule has 1 fully saturated rings. The van der Waals surface area contributed by atoms with Crippen LogP contribution in [0.3, 0.4) is 0 Å². The smallest absolute Gasteiger partial charge is 0.224 e. The molecular formula is C18H24N2O2. The number of rotatable bonds is 7. The maximum Gasteiger partial charge on any atom is 0.224 e. The Bertz CT molecular complexity index is 528. The molecule has 4 nitrogen and oxygen atoms in total. The molecule has 2 rings (SSSR count). The van der Waals surface area contributed by atoms with Crippen molar-refractivity contribution in [1.82, 2.24) is 9.80 Å². The highest BCUT2D eigenvalue weighted by Crippen LogP contribution is 2.20. The highest BCUT2D eigenvalue weighted by Gasteiger charge is 2.20. The SMILES string of the molecule is C=CCOc1ccccc1CN1CCC(=O)N(CC=C)CC1. The number of carbonyl (C=O) groups excluding carboxylic acids is 1. The average Bonchev–Trinajstić information content (AvgIpc) is 2.70. The number of para-hydroxylation sites is 1. The summed E-state index contributed by atoms with van der Waals surface area (Å²) in [6.45, 7) is 11.7. The molecule has 1 saturated heterocycles. The predicted octanol–water partition coefficient (Wildman–Crippen LogP) is 2.47. The zero-order valence-corrected chi connectivity index (χ0v) is 13.0. The molecule has 0 spiro atoms. The molecule has 0 saturated carbocycles. The van der Waals surface area contributed by atoms with Crippen molar-refractivity contribution in [2.75, 3.05) is 32.8 Å². The fourth-order valence-electron chi connectivity index (χ4n) is 2.58. The van der Waals surface area contributed by atoms with Gasteiger partial charge in [-0.2, -0.15) is 0 Å². The van der Waals surface area contributed by atoms with Crippen LogP contribution in [0, 0.1) is 0 Å². The summed E-state index contributed by atoms with van der Waals surface area (Å²) in [5, 5.41) is 0. The number of ether oxygens (including phenoxy) is 1. The molecule has 118 valence electrons. The summed E-state index contributed by atoms with van der Waals surface area (Å²) in [4.78, 5) is 16.2. The van der Waals surface area contributed by atoms with Crippen LogP contribution < -0.4 is 4.74 Å². The summed E-state index contributed by atoms with van der Waals surface area (Å²) in [5.41, 5.74) is 1.15. The van der Waals surface area contributed by atoms with E-state index < -0.39 is 0 Å². The van der Waals surface area contributed by atoms with Gasteiger partial charge >= 0.3 is 0 Å². The van der Waals surface area contributed by atoms with Crippen molar-refractivity contribution >= 4 is 5.91 Å². The highest BCUT2D eigenvalue weighted by atomic mass is 16.5. The Morgan fingerprint density at radius 1 is 1.14 bits per heavy atom. The fourth-order valence-corrected chi connectivity index (χ4v) is 2.58. The average molecular weight is 300 g/mol. The molecule has 1 heterocycles. The number of amides is 1. The van der Waals surface area contributed by atoms with Crippen LogP contribution in [0.4, 0.5) is 0 Å². The van der Waals surface area contributed by atoms with Gasteiger partial charge in [-0.25, -0.2) is 0 Å². The molecule has 4 heteroatoms. The zero-order valence-electron chi connectivity index (χ0n) is 13.0. The van der Waals surface area contributed by atoms with E-state index in [1.807, 2.05) is 23.1 Å². The van der Waals surface area contributed by atoms with Crippen molar-refractivity contribution in [3.05, 3.63) is 55.1 Å². The van der Waals surface area contributed by atoms with Crippen molar-refractivity contribution in [1.29, 1.82) is 0 Å². The lowest BCUT2D eigenvalue weighted by molar-refractivity contribution is -0.129. The molecular weight excluding hydrogens is 276 g/mol. The number of nitrogens with zero attached hydrogens (tertiary/aromatic N) is 2. The van der Waals surface area contributed by atoms with Crippen molar-refractivity contribution in [2.45, 2.75) is 13.0 Å². The van der Waals surface area contributed by atoms with Gasteiger partial charge in [0, 0.05) is 44.7 Å². The molecule has 0 atom stereocenters. The summed E-state index contributed by atoms with van der Waals surface area (Å²) in [5.74, 6) is 1.10. The Labute approximate surface area is 132 Å². The van der Waals surface area contributed by atoms with E-state index >= 15 is 0 Å². The Balaban J connectivity index is 2.00. The first kappa shape index (κ1) is 16.3. The number of benzene rings is 1. The molecule has 0 radical (unpaired) electrons. The lowest BCUT2D eigenvalue weighted by Gasteiger charge is -2.22. The molecule has 1 aliphatic rings. The monoisotopic (exact) mass is 300 g/mol. The molecule has 1 aliphatic heterocycles. The van der Waals surface area contributed by atoms with E-state index in [2.05, 4.69) is 24.1 Å². The summed E-state index contributed by atoms with van der Waals surface area (Å²) < 4.78 is 5.70. The first-order valence-electron chi connectivity index (χ1n) is 7.67. The normalized spacial score (nSPS) is 16.2. The first-order chi connectivity index (χ1) is 10.7. The second-order valence-electron chi connectivity index (χ2n) is 5.36. The van der Waals surface area contributed by atoms with Crippen molar-refractivity contribution in [3.8, 4) is 5.75 Å². The molecule has 0 bridgehead atoms. The summed E-state index contributed by atoms with van der Waals surface area (Å²) in [6, 6.07) is 8.04. The van der Waals surface area contributed by atoms with Gasteiger partial charge in [0.05, 0.1) is 0 Å². The minimum Gasteiger partial charge on any atom is -0.489 e. The van der Waals surface area contributed by atoms with Gasteiger partial charge in [0.1, 0.15) is 12.4 Å². The van der Waals surface area contributed by atoms with Crippen LogP contribution >= 0.6 is 0 Å². The van der Waals surface area contributed by atoms with Crippen LogP contribution in [0.2, 0.25) is 0 Å². The third-order valence-electron chi connectivity index (χ3n) is 3.75. The summed E-state index contributed by atoms with van der Waals surface area (Å²) in [7, 11) is 0. The topological polar surface area (TPSA) is 32.8 Å². The molecule has 0 unspecified atom stereocenters. The van der Waals surface area contributed by atoms with Crippen LogP contribution in [-0.2, 0) is 11.3 Å². The van der Waals surface area contributed by atoms with E-state index in [0.29, 0.717) is 19.6 Å². The Morgan fingerprint density at radius 3 is 2.73 bits per heavy atom. The lowest BCUT2D eigenvalue weighted by Crippen LogP contribution is -2.33. The quantitative estimate of drug-likeness (QED) is 0.725. The van der Waals surface area contributed by atoms with Gasteiger partial charge in [-0.05, 0) is 6.07 Å². The molecule has 1 aromatic rings. The van der Waals surface area contributed by atoms with E-state index in [1.165, 1.54) is 0 Å². The zero-order chi connectivity index (χ0) is 15.8.